The zero-order chi connectivity index (χ0) is 55.6. The van der Waals surface area contributed by atoms with Crippen LogP contribution in [0.2, 0.25) is 0 Å². The van der Waals surface area contributed by atoms with Gasteiger partial charge in [-0.2, -0.15) is 0 Å². The molecule has 6 aliphatic rings. The Balaban J connectivity index is 0.000000236. The number of ether oxygens (including phenoxy) is 5. The molecule has 20 heteroatoms. The summed E-state index contributed by atoms with van der Waals surface area (Å²) in [5, 5.41) is 2.97. The molecule has 6 fully saturated rings. The van der Waals surface area contributed by atoms with E-state index in [1.807, 2.05) is 60.7 Å². The first kappa shape index (κ1) is 58.2. The summed E-state index contributed by atoms with van der Waals surface area (Å²) < 4.78 is 26.7. The third kappa shape index (κ3) is 14.0. The number of hydrogen-bond donors (Lipinski definition) is 2. The fraction of sp³-hybridized carbons (Fsp3) is 0.649. The van der Waals surface area contributed by atoms with Gasteiger partial charge >= 0.3 is 30.2 Å². The van der Waals surface area contributed by atoms with Crippen molar-refractivity contribution < 1.29 is 62.0 Å². The largest absolute Gasteiger partial charge is 0.469 e. The average Bonchev–Trinajstić information content (AvgIpc) is 4.30. The predicted octanol–water partition coefficient (Wildman–Crippen LogP) is 6.02. The van der Waals surface area contributed by atoms with Crippen molar-refractivity contribution in [3.8, 4) is 0 Å². The topological polar surface area (TPSA) is 237 Å². The van der Waals surface area contributed by atoms with Gasteiger partial charge in [-0.15, -0.1) is 0 Å². The quantitative estimate of drug-likeness (QED) is 0.172. The van der Waals surface area contributed by atoms with Crippen molar-refractivity contribution in [3.63, 3.8) is 0 Å². The zero-order valence-corrected chi connectivity index (χ0v) is 46.0. The molecule has 0 radical (unpaired) electrons. The van der Waals surface area contributed by atoms with Crippen LogP contribution in [0.4, 0.5) is 14.4 Å². The van der Waals surface area contributed by atoms with Gasteiger partial charge in [0.2, 0.25) is 17.7 Å². The molecule has 0 unspecified atom stereocenters. The van der Waals surface area contributed by atoms with E-state index in [0.29, 0.717) is 25.9 Å². The fourth-order valence-electron chi connectivity index (χ4n) is 12.3. The minimum absolute atomic E-state index is 0.0670. The Morgan fingerprint density at radius 2 is 1.05 bits per heavy atom. The molecule has 0 bridgehead atoms. The SMILES string of the molecule is COC(=O)[C@H]1CN(C(=O)OCc2ccccc2)[C@@H]2CCN(C(=O)[C@@H](N)C3CCCCC3)[C@H]12.COC(=O)[C@H]1CN(C(=O)OCc2ccccc2)[C@@H]2CCN(C(=O)[C@@H](NC(=O)[C@H](C)N(C)C(=O)OC(C)(C)C)C3CCCCC3)[C@H]12. The smallest absolute Gasteiger partial charge is 0.410 e. The highest BCUT2D eigenvalue weighted by molar-refractivity contribution is 5.92. The number of likely N-dealkylation sites (N-methyl/N-ethyl adjacent to an activating group) is 1. The molecule has 2 aromatic carbocycles. The number of nitrogens with zero attached hydrogens (tertiary/aromatic N) is 5. The van der Waals surface area contributed by atoms with Crippen LogP contribution >= 0.6 is 0 Å². The molecule has 20 nitrogen and oxygen atoms in total. The summed E-state index contributed by atoms with van der Waals surface area (Å²) >= 11 is 0. The summed E-state index contributed by atoms with van der Waals surface area (Å²) in [6.45, 7) is 8.13. The van der Waals surface area contributed by atoms with Gasteiger partial charge in [0.1, 0.15) is 30.9 Å². The maximum Gasteiger partial charge on any atom is 0.410 e. The van der Waals surface area contributed by atoms with E-state index in [0.717, 1.165) is 68.9 Å². The van der Waals surface area contributed by atoms with Gasteiger partial charge in [-0.3, -0.25) is 28.9 Å². The van der Waals surface area contributed by atoms with Crippen molar-refractivity contribution in [1.82, 2.24) is 29.8 Å². The number of amides is 6. The van der Waals surface area contributed by atoms with Crippen LogP contribution in [0.15, 0.2) is 60.7 Å². The highest BCUT2D eigenvalue weighted by Gasteiger charge is 2.57. The van der Waals surface area contributed by atoms with Gasteiger partial charge in [-0.05, 0) is 89.2 Å². The van der Waals surface area contributed by atoms with E-state index >= 15 is 0 Å². The Morgan fingerprint density at radius 1 is 0.623 bits per heavy atom. The van der Waals surface area contributed by atoms with Crippen LogP contribution in [0.1, 0.15) is 116 Å². The highest BCUT2D eigenvalue weighted by atomic mass is 16.6. The monoisotopic (exact) mass is 1070 g/mol. The molecule has 2 saturated carbocycles. The zero-order valence-electron chi connectivity index (χ0n) is 46.0. The number of carbonyl (C=O) groups excluding carboxylic acids is 8. The molecule has 4 heterocycles. The number of benzene rings is 2. The third-order valence-electron chi connectivity index (χ3n) is 16.5. The van der Waals surface area contributed by atoms with Gasteiger partial charge < -0.3 is 54.3 Å². The Hall–Kier alpha value is -6.44. The van der Waals surface area contributed by atoms with Gasteiger partial charge in [-0.1, -0.05) is 99.2 Å². The molecule has 0 spiro atoms. The first-order chi connectivity index (χ1) is 36.8. The average molecular weight is 1070 g/mol. The number of methoxy groups -OCH3 is 2. The molecule has 6 amide bonds. The lowest BCUT2D eigenvalue weighted by Gasteiger charge is -2.36. The lowest BCUT2D eigenvalue weighted by atomic mass is 9.83. The van der Waals surface area contributed by atoms with Crippen LogP contribution in [0.5, 0.6) is 0 Å². The Labute approximate surface area is 452 Å². The second kappa shape index (κ2) is 26.3. The van der Waals surface area contributed by atoms with Crippen molar-refractivity contribution >= 4 is 47.9 Å². The van der Waals surface area contributed by atoms with E-state index in [-0.39, 0.29) is 56.0 Å². The number of fused-ring (bicyclic) bond motifs is 2. The first-order valence-corrected chi connectivity index (χ1v) is 27.6. The van der Waals surface area contributed by atoms with Gasteiger partial charge in [-0.25, -0.2) is 14.4 Å². The van der Waals surface area contributed by atoms with Crippen LogP contribution in [0.25, 0.3) is 0 Å². The number of hydrogen-bond acceptors (Lipinski definition) is 14. The van der Waals surface area contributed by atoms with Gasteiger partial charge in [0.25, 0.3) is 0 Å². The summed E-state index contributed by atoms with van der Waals surface area (Å²) in [6.07, 6.45) is 9.21. The van der Waals surface area contributed by atoms with E-state index in [4.69, 9.17) is 29.4 Å². The molecule has 2 aromatic rings. The third-order valence-corrected chi connectivity index (χ3v) is 16.5. The van der Waals surface area contributed by atoms with Gasteiger partial charge in [0.05, 0.1) is 56.3 Å². The minimum atomic E-state index is -0.894. The molecule has 4 aliphatic heterocycles. The molecule has 0 aromatic heterocycles. The van der Waals surface area contributed by atoms with Crippen LogP contribution in [-0.4, -0.2) is 168 Å². The van der Waals surface area contributed by atoms with Crippen LogP contribution in [-0.2, 0) is 60.9 Å². The molecule has 422 valence electrons. The summed E-state index contributed by atoms with van der Waals surface area (Å²) in [4.78, 5) is 113. The second-order valence-corrected chi connectivity index (χ2v) is 22.5. The second-order valence-electron chi connectivity index (χ2n) is 22.5. The molecule has 8 rings (SSSR count). The molecule has 77 heavy (non-hydrogen) atoms. The van der Waals surface area contributed by atoms with E-state index in [9.17, 15) is 38.4 Å². The molecule has 2 aliphatic carbocycles. The Kier molecular flexibility index (Phi) is 19.9. The van der Waals surface area contributed by atoms with Gasteiger partial charge in [0, 0.05) is 33.2 Å². The van der Waals surface area contributed by atoms with Crippen molar-refractivity contribution in [2.45, 2.75) is 166 Å². The maximum absolute atomic E-state index is 14.4. The molecule has 9 atom stereocenters. The van der Waals surface area contributed by atoms with E-state index in [1.165, 1.54) is 37.5 Å². The summed E-state index contributed by atoms with van der Waals surface area (Å²) in [5.41, 5.74) is 7.41. The standard InChI is InChI=1S/C33H48N4O8.C24H33N3O5/c1-21(35(5)31(41)45-33(2,3)4)28(38)34-26(23-15-11-8-12-16-23)29(39)36-18-17-25-27(36)24(30(40)43-6)19-37(25)32(42)44-20-22-13-9-7-10-14-22;1-31-23(29)18-14-27(24(30)32-15-16-8-4-2-5-9-16)19-12-13-26(21(18)19)22(28)20(25)17-10-6-3-7-11-17/h7,9-10,13-14,21,23-27H,8,11-12,15-20H2,1-6H3,(H,34,38);2,4-5,8-9,17-21H,3,6-7,10-15,25H2,1H3/t21-,24-,25+,26-,27+;18-,19+,20-,21+/m00/s1. The summed E-state index contributed by atoms with van der Waals surface area (Å²) in [7, 11) is 4.12. The molecular formula is C57H81N7O13. The van der Waals surface area contributed by atoms with Crippen LogP contribution < -0.4 is 11.1 Å². The highest BCUT2D eigenvalue weighted by Crippen LogP contribution is 2.40. The number of esters is 2. The van der Waals surface area contributed by atoms with Crippen LogP contribution in [0, 0.1) is 23.7 Å². The maximum atomic E-state index is 14.4. The lowest BCUT2D eigenvalue weighted by Crippen LogP contribution is -2.58. The normalized spacial score (nSPS) is 24.5. The van der Waals surface area contributed by atoms with Crippen molar-refractivity contribution in [1.29, 1.82) is 0 Å². The van der Waals surface area contributed by atoms with Crippen molar-refractivity contribution in [2.24, 2.45) is 29.4 Å². The predicted molar refractivity (Wildman–Crippen MR) is 282 cm³/mol. The number of rotatable bonds is 13. The van der Waals surface area contributed by atoms with E-state index in [2.05, 4.69) is 5.32 Å². The van der Waals surface area contributed by atoms with Crippen molar-refractivity contribution in [2.75, 3.05) is 47.4 Å². The Morgan fingerprint density at radius 3 is 1.48 bits per heavy atom. The number of nitrogens with one attached hydrogen (secondary N) is 1. The van der Waals surface area contributed by atoms with Gasteiger partial charge in [0.15, 0.2) is 0 Å². The summed E-state index contributed by atoms with van der Waals surface area (Å²) in [5.74, 6) is -3.06. The number of carbonyl (C=O) groups is 8. The van der Waals surface area contributed by atoms with Crippen molar-refractivity contribution in [3.05, 3.63) is 71.8 Å². The number of nitrogens with two attached hydrogens (primary N) is 1. The number of likely N-dealkylation sites (tertiary alicyclic amines) is 4. The first-order valence-electron chi connectivity index (χ1n) is 27.6. The minimum Gasteiger partial charge on any atom is -0.469 e. The molecule has 3 N–H and O–H groups in total. The lowest BCUT2D eigenvalue weighted by molar-refractivity contribution is -0.150. The van der Waals surface area contributed by atoms with Crippen LogP contribution in [0.3, 0.4) is 0 Å². The Bertz CT molecular complexity index is 2380. The fourth-order valence-corrected chi connectivity index (χ4v) is 12.3. The molecular weight excluding hydrogens is 991 g/mol. The summed E-state index contributed by atoms with van der Waals surface area (Å²) in [6, 6.07) is 14.7. The molecule has 4 saturated heterocycles. The van der Waals surface area contributed by atoms with E-state index < -0.39 is 89.8 Å². The van der Waals surface area contributed by atoms with E-state index in [1.54, 1.807) is 42.4 Å².